The summed E-state index contributed by atoms with van der Waals surface area (Å²) in [4.78, 5) is 17.1. The lowest BCUT2D eigenvalue weighted by molar-refractivity contribution is 0.0615. The second-order valence-electron chi connectivity index (χ2n) is 7.57. The van der Waals surface area contributed by atoms with Crippen LogP contribution in [0.5, 0.6) is 0 Å². The molecule has 26 heavy (non-hydrogen) atoms. The van der Waals surface area contributed by atoms with Crippen LogP contribution in [0.15, 0.2) is 24.3 Å². The lowest BCUT2D eigenvalue weighted by atomic mass is 10.0. The molecule has 0 N–H and O–H groups in total. The first kappa shape index (κ1) is 19.2. The standard InChI is InChI=1S/C19H29N3O3S/c1-15(2)21-12-9-17(10-13-21)20(3)19(23)16-5-7-18(8-6-16)22-11-4-14-26(22,24)25/h5-8,15,17H,4,9-14H2,1-3H3. The van der Waals surface area contributed by atoms with E-state index in [1.807, 2.05) is 11.9 Å². The first-order valence-electron chi connectivity index (χ1n) is 9.41. The molecule has 144 valence electrons. The van der Waals surface area contributed by atoms with Gasteiger partial charge in [-0.05, 0) is 57.4 Å². The van der Waals surface area contributed by atoms with Crippen LogP contribution in [0.3, 0.4) is 0 Å². The van der Waals surface area contributed by atoms with E-state index in [1.54, 1.807) is 24.3 Å². The van der Waals surface area contributed by atoms with Crippen LogP contribution in [0.2, 0.25) is 0 Å². The van der Waals surface area contributed by atoms with Crippen molar-refractivity contribution in [1.29, 1.82) is 0 Å². The number of rotatable bonds is 4. The Balaban J connectivity index is 1.65. The number of likely N-dealkylation sites (tertiary alicyclic amines) is 1. The second kappa shape index (κ2) is 7.56. The van der Waals surface area contributed by atoms with Crippen LogP contribution in [0.4, 0.5) is 5.69 Å². The molecule has 3 rings (SSSR count). The number of sulfonamides is 1. The van der Waals surface area contributed by atoms with E-state index < -0.39 is 10.0 Å². The minimum atomic E-state index is -3.19. The smallest absolute Gasteiger partial charge is 0.253 e. The number of benzene rings is 1. The second-order valence-corrected chi connectivity index (χ2v) is 9.58. The molecule has 1 aromatic rings. The summed E-state index contributed by atoms with van der Waals surface area (Å²) in [5.74, 6) is 0.203. The summed E-state index contributed by atoms with van der Waals surface area (Å²) in [6.07, 6.45) is 2.63. The third-order valence-electron chi connectivity index (χ3n) is 5.60. The molecular weight excluding hydrogens is 350 g/mol. The topological polar surface area (TPSA) is 60.9 Å². The van der Waals surface area contributed by atoms with E-state index in [-0.39, 0.29) is 17.7 Å². The minimum Gasteiger partial charge on any atom is -0.339 e. The third kappa shape index (κ3) is 3.88. The number of hydrogen-bond acceptors (Lipinski definition) is 4. The van der Waals surface area contributed by atoms with Crippen molar-refractivity contribution < 1.29 is 13.2 Å². The first-order valence-corrected chi connectivity index (χ1v) is 11.0. The van der Waals surface area contributed by atoms with Gasteiger partial charge in [0.1, 0.15) is 0 Å². The highest BCUT2D eigenvalue weighted by molar-refractivity contribution is 7.93. The lowest BCUT2D eigenvalue weighted by Gasteiger charge is -2.38. The highest BCUT2D eigenvalue weighted by atomic mass is 32.2. The monoisotopic (exact) mass is 379 g/mol. The Morgan fingerprint density at radius 1 is 1.12 bits per heavy atom. The Labute approximate surface area is 156 Å². The number of nitrogens with zero attached hydrogens (tertiary/aromatic N) is 3. The van der Waals surface area contributed by atoms with Gasteiger partial charge in [-0.2, -0.15) is 0 Å². The molecule has 0 spiro atoms. The average molecular weight is 380 g/mol. The fourth-order valence-corrected chi connectivity index (χ4v) is 5.42. The van der Waals surface area contributed by atoms with Crippen molar-refractivity contribution in [1.82, 2.24) is 9.80 Å². The predicted molar refractivity (Wildman–Crippen MR) is 104 cm³/mol. The molecule has 0 saturated carbocycles. The maximum Gasteiger partial charge on any atom is 0.253 e. The quantitative estimate of drug-likeness (QED) is 0.804. The van der Waals surface area contributed by atoms with Crippen molar-refractivity contribution in [2.24, 2.45) is 0 Å². The van der Waals surface area contributed by atoms with Gasteiger partial charge >= 0.3 is 0 Å². The fraction of sp³-hybridized carbons (Fsp3) is 0.632. The van der Waals surface area contributed by atoms with Gasteiger partial charge in [-0.25, -0.2) is 8.42 Å². The molecule has 6 nitrogen and oxygen atoms in total. The van der Waals surface area contributed by atoms with Gasteiger partial charge in [-0.15, -0.1) is 0 Å². The molecule has 0 aromatic heterocycles. The Bertz CT molecular complexity index is 738. The Morgan fingerprint density at radius 2 is 1.73 bits per heavy atom. The number of hydrogen-bond donors (Lipinski definition) is 0. The summed E-state index contributed by atoms with van der Waals surface area (Å²) < 4.78 is 25.5. The van der Waals surface area contributed by atoms with Gasteiger partial charge in [0, 0.05) is 44.3 Å². The van der Waals surface area contributed by atoms with Gasteiger partial charge < -0.3 is 9.80 Å². The van der Waals surface area contributed by atoms with E-state index in [9.17, 15) is 13.2 Å². The van der Waals surface area contributed by atoms with Crippen molar-refractivity contribution in [3.63, 3.8) is 0 Å². The zero-order valence-electron chi connectivity index (χ0n) is 15.9. The molecule has 2 aliphatic heterocycles. The van der Waals surface area contributed by atoms with Crippen molar-refractivity contribution in [2.75, 3.05) is 36.7 Å². The van der Waals surface area contributed by atoms with Gasteiger partial charge in [-0.3, -0.25) is 9.10 Å². The minimum absolute atomic E-state index is 0.00354. The predicted octanol–water partition coefficient (Wildman–Crippen LogP) is 2.17. The maximum atomic E-state index is 12.8. The van der Waals surface area contributed by atoms with E-state index in [0.29, 0.717) is 30.3 Å². The van der Waals surface area contributed by atoms with Crippen LogP contribution in [-0.2, 0) is 10.0 Å². The van der Waals surface area contributed by atoms with Crippen molar-refractivity contribution in [3.8, 4) is 0 Å². The molecule has 0 atom stereocenters. The molecule has 0 bridgehead atoms. The molecule has 2 saturated heterocycles. The van der Waals surface area contributed by atoms with Gasteiger partial charge in [0.05, 0.1) is 11.4 Å². The molecule has 2 fully saturated rings. The third-order valence-corrected chi connectivity index (χ3v) is 7.47. The number of piperidine rings is 1. The van der Waals surface area contributed by atoms with Crippen LogP contribution >= 0.6 is 0 Å². The maximum absolute atomic E-state index is 12.8. The average Bonchev–Trinajstić information content (AvgIpc) is 3.00. The fourth-order valence-electron chi connectivity index (χ4n) is 3.86. The van der Waals surface area contributed by atoms with Crippen molar-refractivity contribution in [2.45, 2.75) is 45.2 Å². The number of carbonyl (C=O) groups excluding carboxylic acids is 1. The van der Waals surface area contributed by atoms with Crippen LogP contribution in [0, 0.1) is 0 Å². The molecule has 1 amide bonds. The first-order chi connectivity index (χ1) is 12.3. The summed E-state index contributed by atoms with van der Waals surface area (Å²) in [7, 11) is -1.31. The highest BCUT2D eigenvalue weighted by Crippen LogP contribution is 2.25. The number of carbonyl (C=O) groups is 1. The summed E-state index contributed by atoms with van der Waals surface area (Å²) in [6.45, 7) is 6.97. The van der Waals surface area contributed by atoms with Crippen molar-refractivity contribution >= 4 is 21.6 Å². The van der Waals surface area contributed by atoms with E-state index in [4.69, 9.17) is 0 Å². The molecule has 1 aromatic carbocycles. The molecule has 2 heterocycles. The molecular formula is C19H29N3O3S. The van der Waals surface area contributed by atoms with E-state index in [0.717, 1.165) is 25.9 Å². The summed E-state index contributed by atoms with van der Waals surface area (Å²) >= 11 is 0. The Hall–Kier alpha value is -1.60. The summed E-state index contributed by atoms with van der Waals surface area (Å²) in [6, 6.07) is 7.77. The zero-order chi connectivity index (χ0) is 18.9. The normalized spacial score (nSPS) is 21.3. The van der Waals surface area contributed by atoms with Crippen LogP contribution in [-0.4, -0.2) is 68.6 Å². The molecule has 0 radical (unpaired) electrons. The van der Waals surface area contributed by atoms with Crippen LogP contribution in [0.25, 0.3) is 0 Å². The van der Waals surface area contributed by atoms with Gasteiger partial charge in [0.15, 0.2) is 0 Å². The van der Waals surface area contributed by atoms with Crippen LogP contribution in [0.1, 0.15) is 43.5 Å². The van der Waals surface area contributed by atoms with Crippen molar-refractivity contribution in [3.05, 3.63) is 29.8 Å². The summed E-state index contributed by atoms with van der Waals surface area (Å²) in [5, 5.41) is 0. The SMILES string of the molecule is CC(C)N1CCC(N(C)C(=O)c2ccc(N3CCCS3(=O)=O)cc2)CC1. The molecule has 7 heteroatoms. The number of anilines is 1. The Morgan fingerprint density at radius 3 is 2.23 bits per heavy atom. The van der Waals surface area contributed by atoms with E-state index in [2.05, 4.69) is 18.7 Å². The number of amides is 1. The summed E-state index contributed by atoms with van der Waals surface area (Å²) in [5.41, 5.74) is 1.26. The molecule has 0 aliphatic carbocycles. The Kier molecular flexibility index (Phi) is 5.58. The zero-order valence-corrected chi connectivity index (χ0v) is 16.7. The largest absolute Gasteiger partial charge is 0.339 e. The molecule has 2 aliphatic rings. The molecule has 0 unspecified atom stereocenters. The van der Waals surface area contributed by atoms with E-state index in [1.165, 1.54) is 4.31 Å². The van der Waals surface area contributed by atoms with Gasteiger partial charge in [0.2, 0.25) is 10.0 Å². The van der Waals surface area contributed by atoms with E-state index >= 15 is 0 Å². The lowest BCUT2D eigenvalue weighted by Crippen LogP contribution is -2.47. The van der Waals surface area contributed by atoms with Gasteiger partial charge in [-0.1, -0.05) is 0 Å². The van der Waals surface area contributed by atoms with Gasteiger partial charge in [0.25, 0.3) is 5.91 Å². The van der Waals surface area contributed by atoms with Crippen LogP contribution < -0.4 is 4.31 Å². The highest BCUT2D eigenvalue weighted by Gasteiger charge is 2.29.